The van der Waals surface area contributed by atoms with Crippen molar-refractivity contribution in [1.29, 1.82) is 0 Å². The average molecular weight is 229 g/mol. The molecule has 0 aromatic heterocycles. The molecule has 0 amide bonds. The van der Waals surface area contributed by atoms with E-state index >= 15 is 0 Å². The SMILES string of the molecule is CN(C)C1CCC(=O)C(=Cc2ccccc2)C1. The van der Waals surface area contributed by atoms with E-state index in [1.165, 1.54) is 0 Å². The molecule has 17 heavy (non-hydrogen) atoms. The fourth-order valence-electron chi connectivity index (χ4n) is 2.26. The van der Waals surface area contributed by atoms with E-state index < -0.39 is 0 Å². The maximum atomic E-state index is 11.9. The molecule has 0 bridgehead atoms. The summed E-state index contributed by atoms with van der Waals surface area (Å²) < 4.78 is 0. The maximum absolute atomic E-state index is 11.9. The highest BCUT2D eigenvalue weighted by Gasteiger charge is 2.24. The summed E-state index contributed by atoms with van der Waals surface area (Å²) in [6.45, 7) is 0. The van der Waals surface area contributed by atoms with Crippen LogP contribution < -0.4 is 0 Å². The van der Waals surface area contributed by atoms with E-state index in [-0.39, 0.29) is 0 Å². The molecular weight excluding hydrogens is 210 g/mol. The molecule has 0 radical (unpaired) electrons. The Morgan fingerprint density at radius 1 is 1.24 bits per heavy atom. The number of carbonyl (C=O) groups is 1. The van der Waals surface area contributed by atoms with Crippen LogP contribution in [0.4, 0.5) is 0 Å². The molecule has 0 spiro atoms. The summed E-state index contributed by atoms with van der Waals surface area (Å²) in [6.07, 6.45) is 4.58. The van der Waals surface area contributed by atoms with Crippen LogP contribution in [0.25, 0.3) is 6.08 Å². The van der Waals surface area contributed by atoms with Crippen LogP contribution >= 0.6 is 0 Å². The first-order valence-corrected chi connectivity index (χ1v) is 6.12. The largest absolute Gasteiger partial charge is 0.306 e. The maximum Gasteiger partial charge on any atom is 0.159 e. The fourth-order valence-corrected chi connectivity index (χ4v) is 2.26. The van der Waals surface area contributed by atoms with Gasteiger partial charge in [-0.2, -0.15) is 0 Å². The highest BCUT2D eigenvalue weighted by Crippen LogP contribution is 2.25. The number of rotatable bonds is 2. The minimum Gasteiger partial charge on any atom is -0.306 e. The Hall–Kier alpha value is -1.41. The second kappa shape index (κ2) is 5.28. The van der Waals surface area contributed by atoms with Gasteiger partial charge in [0.05, 0.1) is 0 Å². The van der Waals surface area contributed by atoms with Crippen molar-refractivity contribution >= 4 is 11.9 Å². The number of hydrogen-bond donors (Lipinski definition) is 0. The number of hydrogen-bond acceptors (Lipinski definition) is 2. The lowest BCUT2D eigenvalue weighted by Crippen LogP contribution is -2.33. The number of carbonyl (C=O) groups excluding carboxylic acids is 1. The average Bonchev–Trinajstić information content (AvgIpc) is 2.33. The summed E-state index contributed by atoms with van der Waals surface area (Å²) in [6, 6.07) is 10.6. The molecule has 1 aromatic carbocycles. The summed E-state index contributed by atoms with van der Waals surface area (Å²) in [5.41, 5.74) is 2.09. The lowest BCUT2D eigenvalue weighted by Gasteiger charge is -2.28. The van der Waals surface area contributed by atoms with E-state index in [0.717, 1.165) is 24.0 Å². The van der Waals surface area contributed by atoms with Crippen LogP contribution in [0.3, 0.4) is 0 Å². The fraction of sp³-hybridized carbons (Fsp3) is 0.400. The van der Waals surface area contributed by atoms with Gasteiger partial charge in [-0.1, -0.05) is 30.3 Å². The minimum absolute atomic E-state index is 0.312. The summed E-state index contributed by atoms with van der Waals surface area (Å²) in [5.74, 6) is 0.312. The van der Waals surface area contributed by atoms with Crippen LogP contribution in [0.5, 0.6) is 0 Å². The number of nitrogens with zero attached hydrogens (tertiary/aromatic N) is 1. The predicted octanol–water partition coefficient (Wildman–Crippen LogP) is 2.75. The first-order chi connectivity index (χ1) is 8.16. The molecule has 1 aliphatic rings. The Labute approximate surface area is 103 Å². The monoisotopic (exact) mass is 229 g/mol. The molecular formula is C15H19NO. The van der Waals surface area contributed by atoms with Crippen LogP contribution in [-0.4, -0.2) is 30.8 Å². The van der Waals surface area contributed by atoms with Crippen LogP contribution in [0.15, 0.2) is 35.9 Å². The molecule has 2 heteroatoms. The normalized spacial score (nSPS) is 23.4. The van der Waals surface area contributed by atoms with E-state index in [1.54, 1.807) is 0 Å². The number of ketones is 1. The summed E-state index contributed by atoms with van der Waals surface area (Å²) >= 11 is 0. The Kier molecular flexibility index (Phi) is 3.75. The van der Waals surface area contributed by atoms with Crippen molar-refractivity contribution in [1.82, 2.24) is 4.90 Å². The quantitative estimate of drug-likeness (QED) is 0.727. The molecule has 1 aliphatic carbocycles. The van der Waals surface area contributed by atoms with Gasteiger partial charge in [0.15, 0.2) is 5.78 Å². The topological polar surface area (TPSA) is 20.3 Å². The molecule has 0 heterocycles. The summed E-state index contributed by atoms with van der Waals surface area (Å²) in [7, 11) is 4.17. The van der Waals surface area contributed by atoms with Crippen molar-refractivity contribution in [3.8, 4) is 0 Å². The van der Waals surface area contributed by atoms with E-state index in [2.05, 4.69) is 19.0 Å². The lowest BCUT2D eigenvalue weighted by molar-refractivity contribution is -0.117. The molecule has 2 rings (SSSR count). The van der Waals surface area contributed by atoms with E-state index in [1.807, 2.05) is 36.4 Å². The van der Waals surface area contributed by atoms with Gasteiger partial charge in [-0.25, -0.2) is 0 Å². The zero-order valence-electron chi connectivity index (χ0n) is 10.5. The second-order valence-corrected chi connectivity index (χ2v) is 4.86. The Morgan fingerprint density at radius 2 is 1.94 bits per heavy atom. The van der Waals surface area contributed by atoms with Gasteiger partial charge in [-0.05, 0) is 44.1 Å². The lowest BCUT2D eigenvalue weighted by atomic mass is 9.88. The molecule has 0 N–H and O–H groups in total. The van der Waals surface area contributed by atoms with Crippen molar-refractivity contribution in [2.24, 2.45) is 0 Å². The zero-order chi connectivity index (χ0) is 12.3. The van der Waals surface area contributed by atoms with Gasteiger partial charge in [-0.15, -0.1) is 0 Å². The molecule has 0 aliphatic heterocycles. The third-order valence-corrected chi connectivity index (χ3v) is 3.39. The molecule has 1 unspecified atom stereocenters. The molecule has 0 saturated heterocycles. The first-order valence-electron chi connectivity index (χ1n) is 6.12. The Morgan fingerprint density at radius 3 is 2.59 bits per heavy atom. The first kappa shape index (κ1) is 12.1. The van der Waals surface area contributed by atoms with Crippen molar-refractivity contribution in [2.45, 2.75) is 25.3 Å². The van der Waals surface area contributed by atoms with Gasteiger partial charge in [0.1, 0.15) is 0 Å². The van der Waals surface area contributed by atoms with E-state index in [4.69, 9.17) is 0 Å². The van der Waals surface area contributed by atoms with Crippen molar-refractivity contribution in [3.05, 3.63) is 41.5 Å². The van der Waals surface area contributed by atoms with Crippen molar-refractivity contribution in [3.63, 3.8) is 0 Å². The third-order valence-electron chi connectivity index (χ3n) is 3.39. The standard InChI is InChI=1S/C15H19NO/c1-16(2)14-8-9-15(17)13(11-14)10-12-6-4-3-5-7-12/h3-7,10,14H,8-9,11H2,1-2H3. The van der Waals surface area contributed by atoms with Crippen molar-refractivity contribution in [2.75, 3.05) is 14.1 Å². The molecule has 90 valence electrons. The molecule has 1 fully saturated rings. The van der Waals surface area contributed by atoms with E-state index in [0.29, 0.717) is 18.2 Å². The molecule has 1 atom stereocenters. The van der Waals surface area contributed by atoms with Gasteiger partial charge in [-0.3, -0.25) is 4.79 Å². The van der Waals surface area contributed by atoms with Gasteiger partial charge in [0, 0.05) is 12.5 Å². The molecule has 1 aromatic rings. The third kappa shape index (κ3) is 3.04. The van der Waals surface area contributed by atoms with Crippen molar-refractivity contribution < 1.29 is 4.79 Å². The Balaban J connectivity index is 2.18. The van der Waals surface area contributed by atoms with E-state index in [9.17, 15) is 4.79 Å². The van der Waals surface area contributed by atoms with Gasteiger partial charge in [0.2, 0.25) is 0 Å². The summed E-state index contributed by atoms with van der Waals surface area (Å²) in [5, 5.41) is 0. The van der Waals surface area contributed by atoms with Crippen LogP contribution in [0, 0.1) is 0 Å². The Bertz CT molecular complexity index is 420. The van der Waals surface area contributed by atoms with Crippen LogP contribution in [0.2, 0.25) is 0 Å². The highest BCUT2D eigenvalue weighted by atomic mass is 16.1. The predicted molar refractivity (Wildman–Crippen MR) is 70.8 cm³/mol. The minimum atomic E-state index is 0.312. The number of benzene rings is 1. The highest BCUT2D eigenvalue weighted by molar-refractivity contribution is 6.00. The molecule has 2 nitrogen and oxygen atoms in total. The summed E-state index contributed by atoms with van der Waals surface area (Å²) in [4.78, 5) is 14.1. The van der Waals surface area contributed by atoms with Crippen LogP contribution in [-0.2, 0) is 4.79 Å². The zero-order valence-corrected chi connectivity index (χ0v) is 10.5. The van der Waals surface area contributed by atoms with Crippen LogP contribution in [0.1, 0.15) is 24.8 Å². The number of Topliss-reactive ketones (excluding diaryl/α,β-unsaturated/α-hetero) is 1. The van der Waals surface area contributed by atoms with Gasteiger partial charge >= 0.3 is 0 Å². The smallest absolute Gasteiger partial charge is 0.159 e. The van der Waals surface area contributed by atoms with Gasteiger partial charge in [0.25, 0.3) is 0 Å². The van der Waals surface area contributed by atoms with Gasteiger partial charge < -0.3 is 4.90 Å². The molecule has 1 saturated carbocycles. The second-order valence-electron chi connectivity index (χ2n) is 4.86.